The van der Waals surface area contributed by atoms with Crippen molar-refractivity contribution in [3.05, 3.63) is 24.7 Å². The van der Waals surface area contributed by atoms with E-state index in [1.54, 1.807) is 23.1 Å². The Hall–Kier alpha value is -3.10. The average molecular weight is 369 g/mol. The molecule has 27 heavy (non-hydrogen) atoms. The highest BCUT2D eigenvalue weighted by molar-refractivity contribution is 5.74. The monoisotopic (exact) mass is 369 g/mol. The van der Waals surface area contributed by atoms with Gasteiger partial charge in [-0.3, -0.25) is 10.00 Å². The van der Waals surface area contributed by atoms with Crippen molar-refractivity contribution in [2.75, 3.05) is 17.7 Å². The third-order valence-electron chi connectivity index (χ3n) is 4.60. The molecule has 0 atom stereocenters. The molecule has 4 rings (SSSR count). The molecule has 0 amide bonds. The zero-order valence-electron chi connectivity index (χ0n) is 15.5. The molecular weight excluding hydrogens is 346 g/mol. The maximum absolute atomic E-state index is 5.89. The first kappa shape index (κ1) is 17.3. The van der Waals surface area contributed by atoms with Crippen LogP contribution in [-0.2, 0) is 7.05 Å². The smallest absolute Gasteiger partial charge is 0.256 e. The molecule has 0 aromatic carbocycles. The number of hydrogen-bond donors (Lipinski definition) is 2. The van der Waals surface area contributed by atoms with Gasteiger partial charge >= 0.3 is 0 Å². The molecule has 0 aliphatic heterocycles. The van der Waals surface area contributed by atoms with E-state index in [1.807, 2.05) is 20.3 Å². The Labute approximate surface area is 157 Å². The number of rotatable bonds is 6. The van der Waals surface area contributed by atoms with Crippen LogP contribution in [0.25, 0.3) is 11.1 Å². The Balaban J connectivity index is 1.46. The van der Waals surface area contributed by atoms with Crippen molar-refractivity contribution in [1.82, 2.24) is 24.9 Å². The zero-order chi connectivity index (χ0) is 18.6. The Bertz CT molecular complexity index is 899. The minimum absolute atomic E-state index is 0.225. The third-order valence-corrected chi connectivity index (χ3v) is 4.60. The summed E-state index contributed by atoms with van der Waals surface area (Å²) in [7, 11) is 3.69. The highest BCUT2D eigenvalue weighted by Gasteiger charge is 2.17. The van der Waals surface area contributed by atoms with Crippen molar-refractivity contribution in [1.29, 1.82) is 0 Å². The predicted molar refractivity (Wildman–Crippen MR) is 101 cm³/mol. The zero-order valence-corrected chi connectivity index (χ0v) is 15.5. The second-order valence-electron chi connectivity index (χ2n) is 6.64. The van der Waals surface area contributed by atoms with E-state index in [9.17, 15) is 0 Å². The summed E-state index contributed by atoms with van der Waals surface area (Å²) in [6.45, 7) is 0. The van der Waals surface area contributed by atoms with Gasteiger partial charge < -0.3 is 14.6 Å². The lowest BCUT2D eigenvalue weighted by molar-refractivity contribution is 0.142. The summed E-state index contributed by atoms with van der Waals surface area (Å²) in [5.74, 6) is 2.04. The molecule has 9 nitrogen and oxygen atoms in total. The van der Waals surface area contributed by atoms with Gasteiger partial charge in [0.1, 0.15) is 11.9 Å². The normalized spacial score (nSPS) is 14.9. The van der Waals surface area contributed by atoms with Crippen LogP contribution in [0.3, 0.4) is 0 Å². The van der Waals surface area contributed by atoms with E-state index in [0.717, 1.165) is 24.0 Å². The van der Waals surface area contributed by atoms with Crippen LogP contribution in [0.5, 0.6) is 5.88 Å². The summed E-state index contributed by atoms with van der Waals surface area (Å²) in [5, 5.41) is 14.3. The minimum Gasteiger partial charge on any atom is -0.472 e. The van der Waals surface area contributed by atoms with Crippen molar-refractivity contribution < 1.29 is 9.26 Å². The molecule has 3 heterocycles. The van der Waals surface area contributed by atoms with Gasteiger partial charge in [-0.05, 0) is 30.8 Å². The molecule has 0 spiro atoms. The Morgan fingerprint density at radius 2 is 2.07 bits per heavy atom. The molecule has 2 N–H and O–H groups in total. The van der Waals surface area contributed by atoms with Crippen molar-refractivity contribution in [2.45, 2.75) is 38.2 Å². The van der Waals surface area contributed by atoms with Gasteiger partial charge in [0.05, 0.1) is 12.3 Å². The Morgan fingerprint density at radius 1 is 1.22 bits per heavy atom. The second kappa shape index (κ2) is 7.65. The van der Waals surface area contributed by atoms with Crippen LogP contribution in [0.15, 0.2) is 29.2 Å². The van der Waals surface area contributed by atoms with Gasteiger partial charge in [0.2, 0.25) is 11.8 Å². The lowest BCUT2D eigenvalue weighted by Crippen LogP contribution is -2.19. The summed E-state index contributed by atoms with van der Waals surface area (Å²) in [5.41, 5.74) is 1.81. The van der Waals surface area contributed by atoms with Gasteiger partial charge in [-0.2, -0.15) is 10.1 Å². The molecule has 0 radical (unpaired) electrons. The van der Waals surface area contributed by atoms with E-state index < -0.39 is 0 Å². The number of ether oxygens (including phenoxy) is 1. The van der Waals surface area contributed by atoms with Crippen LogP contribution in [0.1, 0.15) is 32.1 Å². The summed E-state index contributed by atoms with van der Waals surface area (Å²) >= 11 is 0. The van der Waals surface area contributed by atoms with Crippen LogP contribution in [0.2, 0.25) is 0 Å². The molecule has 1 aliphatic carbocycles. The summed E-state index contributed by atoms with van der Waals surface area (Å²) in [6, 6.07) is 1.73. The van der Waals surface area contributed by atoms with Gasteiger partial charge in [-0.15, -0.1) is 0 Å². The van der Waals surface area contributed by atoms with E-state index in [-0.39, 0.29) is 6.10 Å². The van der Waals surface area contributed by atoms with Gasteiger partial charge in [0.15, 0.2) is 0 Å². The topological polar surface area (TPSA) is 103 Å². The first-order chi connectivity index (χ1) is 13.2. The quantitative estimate of drug-likeness (QED) is 0.682. The van der Waals surface area contributed by atoms with Crippen molar-refractivity contribution >= 4 is 17.7 Å². The average Bonchev–Trinajstić information content (AvgIpc) is 3.31. The molecule has 142 valence electrons. The molecule has 0 bridgehead atoms. The number of nitrogens with one attached hydrogen (secondary N) is 2. The predicted octanol–water partition coefficient (Wildman–Crippen LogP) is 3.36. The highest BCUT2D eigenvalue weighted by atomic mass is 16.5. The molecule has 3 aromatic heterocycles. The van der Waals surface area contributed by atoms with Gasteiger partial charge in [0.25, 0.3) is 5.88 Å². The van der Waals surface area contributed by atoms with Gasteiger partial charge in [-0.1, -0.05) is 6.42 Å². The fourth-order valence-corrected chi connectivity index (χ4v) is 3.24. The molecule has 1 saturated carbocycles. The minimum atomic E-state index is 0.225. The summed E-state index contributed by atoms with van der Waals surface area (Å²) in [6.07, 6.45) is 11.5. The molecule has 1 aliphatic rings. The van der Waals surface area contributed by atoms with Crippen molar-refractivity contribution in [3.8, 4) is 17.0 Å². The second-order valence-corrected chi connectivity index (χ2v) is 6.64. The Morgan fingerprint density at radius 3 is 2.81 bits per heavy atom. The van der Waals surface area contributed by atoms with Crippen molar-refractivity contribution in [3.63, 3.8) is 0 Å². The van der Waals surface area contributed by atoms with Crippen LogP contribution >= 0.6 is 0 Å². The van der Waals surface area contributed by atoms with Crippen LogP contribution in [-0.4, -0.2) is 38.1 Å². The summed E-state index contributed by atoms with van der Waals surface area (Å²) < 4.78 is 12.9. The number of anilines is 3. The van der Waals surface area contributed by atoms with Crippen molar-refractivity contribution in [2.24, 2.45) is 7.05 Å². The van der Waals surface area contributed by atoms with E-state index in [0.29, 0.717) is 23.5 Å². The Kier molecular flexibility index (Phi) is 4.91. The number of aryl methyl sites for hydroxylation is 1. The van der Waals surface area contributed by atoms with Crippen LogP contribution < -0.4 is 15.4 Å². The molecule has 1 fully saturated rings. The van der Waals surface area contributed by atoms with E-state index in [1.165, 1.54) is 19.3 Å². The number of hydrogen-bond acceptors (Lipinski definition) is 8. The molecule has 0 unspecified atom stereocenters. The fraction of sp³-hybridized carbons (Fsp3) is 0.444. The largest absolute Gasteiger partial charge is 0.472 e. The molecular formula is C18H23N7O2. The SMILES string of the molecule is CNc1nc(Nc2cc(OC3CCCCC3)no2)ncc1-c1cnn(C)c1. The van der Waals surface area contributed by atoms with E-state index >= 15 is 0 Å². The van der Waals surface area contributed by atoms with Crippen LogP contribution in [0.4, 0.5) is 17.7 Å². The maximum Gasteiger partial charge on any atom is 0.256 e. The maximum atomic E-state index is 5.89. The number of nitrogens with zero attached hydrogens (tertiary/aromatic N) is 5. The lowest BCUT2D eigenvalue weighted by atomic mass is 9.98. The lowest BCUT2D eigenvalue weighted by Gasteiger charge is -2.20. The van der Waals surface area contributed by atoms with Gasteiger partial charge in [-0.25, -0.2) is 4.98 Å². The summed E-state index contributed by atoms with van der Waals surface area (Å²) in [4.78, 5) is 8.86. The third kappa shape index (κ3) is 4.02. The van der Waals surface area contributed by atoms with Crippen LogP contribution in [0, 0.1) is 0 Å². The first-order valence-electron chi connectivity index (χ1n) is 9.15. The molecule has 0 saturated heterocycles. The van der Waals surface area contributed by atoms with E-state index in [4.69, 9.17) is 9.26 Å². The molecule has 9 heteroatoms. The fourth-order valence-electron chi connectivity index (χ4n) is 3.24. The highest BCUT2D eigenvalue weighted by Crippen LogP contribution is 2.28. The van der Waals surface area contributed by atoms with E-state index in [2.05, 4.69) is 30.9 Å². The standard InChI is InChI=1S/C18H23N7O2/c1-19-17-14(12-9-21-25(2)11-12)10-20-18(23-17)22-15-8-16(24-27-15)26-13-6-4-3-5-7-13/h8-11,13H,3-7H2,1-2H3,(H2,19,20,22,23). The molecule has 3 aromatic rings. The number of aromatic nitrogens is 5. The first-order valence-corrected chi connectivity index (χ1v) is 9.15. The van der Waals surface area contributed by atoms with Gasteiger partial charge in [0, 0.05) is 37.6 Å².